The smallest absolute Gasteiger partial charge is 0.142 e. The van der Waals surface area contributed by atoms with Crippen molar-refractivity contribution in [1.82, 2.24) is 9.97 Å². The van der Waals surface area contributed by atoms with E-state index < -0.39 is 5.82 Å². The minimum Gasteiger partial charge on any atom is -0.381 e. The first kappa shape index (κ1) is 15.2. The van der Waals surface area contributed by atoms with E-state index in [0.29, 0.717) is 17.8 Å². The fraction of sp³-hybridized carbons (Fsp3) is 0.286. The third-order valence-electron chi connectivity index (χ3n) is 2.88. The third-order valence-corrected chi connectivity index (χ3v) is 3.43. The van der Waals surface area contributed by atoms with Crippen LogP contribution >= 0.6 is 23.2 Å². The molecule has 1 atom stereocenters. The zero-order valence-electron chi connectivity index (χ0n) is 11.0. The quantitative estimate of drug-likeness (QED) is 0.794. The standard InChI is InChI=1S/C14H13Cl2FN2O/c1-8(20-2)7-11-18-13(15)12(14(16)19-11)9-5-3-4-6-10(9)17/h3-6,8H,7H2,1-2H3. The van der Waals surface area contributed by atoms with E-state index in [-0.39, 0.29) is 22.0 Å². The molecule has 0 fully saturated rings. The molecule has 6 heteroatoms. The van der Waals surface area contributed by atoms with Crippen molar-refractivity contribution in [3.8, 4) is 11.1 Å². The summed E-state index contributed by atoms with van der Waals surface area (Å²) >= 11 is 12.2. The molecule has 1 heterocycles. The van der Waals surface area contributed by atoms with Crippen molar-refractivity contribution in [3.05, 3.63) is 46.2 Å². The Labute approximate surface area is 126 Å². The maximum absolute atomic E-state index is 13.8. The van der Waals surface area contributed by atoms with Crippen molar-refractivity contribution in [2.75, 3.05) is 7.11 Å². The summed E-state index contributed by atoms with van der Waals surface area (Å²) in [6.07, 6.45) is 0.425. The number of halogens is 3. The molecule has 0 saturated carbocycles. The van der Waals surface area contributed by atoms with Gasteiger partial charge in [-0.1, -0.05) is 41.4 Å². The van der Waals surface area contributed by atoms with Gasteiger partial charge in [-0.2, -0.15) is 0 Å². The van der Waals surface area contributed by atoms with Gasteiger partial charge in [-0.05, 0) is 13.0 Å². The van der Waals surface area contributed by atoms with E-state index in [9.17, 15) is 4.39 Å². The molecule has 0 spiro atoms. The summed E-state index contributed by atoms with van der Waals surface area (Å²) in [6, 6.07) is 6.22. The number of benzene rings is 1. The van der Waals surface area contributed by atoms with Gasteiger partial charge < -0.3 is 4.74 Å². The normalized spacial score (nSPS) is 12.4. The van der Waals surface area contributed by atoms with Gasteiger partial charge in [0.05, 0.1) is 11.7 Å². The predicted molar refractivity (Wildman–Crippen MR) is 77.6 cm³/mol. The van der Waals surface area contributed by atoms with Crippen LogP contribution in [0.4, 0.5) is 4.39 Å². The highest BCUT2D eigenvalue weighted by Gasteiger charge is 2.17. The van der Waals surface area contributed by atoms with E-state index >= 15 is 0 Å². The van der Waals surface area contributed by atoms with Gasteiger partial charge in [0.15, 0.2) is 0 Å². The fourth-order valence-corrected chi connectivity index (χ4v) is 2.39. The van der Waals surface area contributed by atoms with Crippen LogP contribution in [0.25, 0.3) is 11.1 Å². The molecule has 0 amide bonds. The van der Waals surface area contributed by atoms with Gasteiger partial charge in [-0.25, -0.2) is 14.4 Å². The Morgan fingerprint density at radius 1 is 1.20 bits per heavy atom. The van der Waals surface area contributed by atoms with Crippen molar-refractivity contribution in [2.45, 2.75) is 19.4 Å². The van der Waals surface area contributed by atoms with E-state index in [4.69, 9.17) is 27.9 Å². The maximum atomic E-state index is 13.8. The molecular weight excluding hydrogens is 302 g/mol. The Kier molecular flexibility index (Phi) is 4.91. The van der Waals surface area contributed by atoms with Crippen molar-refractivity contribution >= 4 is 23.2 Å². The molecule has 0 aliphatic heterocycles. The second-order valence-corrected chi connectivity index (χ2v) is 5.04. The Bertz CT molecular complexity index is 599. The molecule has 3 nitrogen and oxygen atoms in total. The highest BCUT2D eigenvalue weighted by Crippen LogP contribution is 2.33. The van der Waals surface area contributed by atoms with Crippen LogP contribution in [0.15, 0.2) is 24.3 Å². The molecule has 2 aromatic rings. The van der Waals surface area contributed by atoms with Crippen LogP contribution in [0.3, 0.4) is 0 Å². The number of nitrogens with zero attached hydrogens (tertiary/aromatic N) is 2. The number of hydrogen-bond acceptors (Lipinski definition) is 3. The van der Waals surface area contributed by atoms with Gasteiger partial charge in [0.1, 0.15) is 21.9 Å². The van der Waals surface area contributed by atoms with Crippen molar-refractivity contribution in [3.63, 3.8) is 0 Å². The van der Waals surface area contributed by atoms with Gasteiger partial charge in [0.25, 0.3) is 0 Å². The lowest BCUT2D eigenvalue weighted by Gasteiger charge is -2.11. The van der Waals surface area contributed by atoms with Gasteiger partial charge in [-0.3, -0.25) is 0 Å². The van der Waals surface area contributed by atoms with Crippen LogP contribution in [0.1, 0.15) is 12.7 Å². The second kappa shape index (κ2) is 6.48. The summed E-state index contributed by atoms with van der Waals surface area (Å²) < 4.78 is 18.9. The second-order valence-electron chi connectivity index (χ2n) is 4.33. The van der Waals surface area contributed by atoms with Crippen LogP contribution in [0.5, 0.6) is 0 Å². The van der Waals surface area contributed by atoms with Gasteiger partial charge >= 0.3 is 0 Å². The van der Waals surface area contributed by atoms with E-state index in [0.717, 1.165) is 0 Å². The molecule has 1 unspecified atom stereocenters. The van der Waals surface area contributed by atoms with E-state index in [1.807, 2.05) is 6.92 Å². The monoisotopic (exact) mass is 314 g/mol. The highest BCUT2D eigenvalue weighted by molar-refractivity contribution is 6.37. The lowest BCUT2D eigenvalue weighted by Crippen LogP contribution is -2.12. The van der Waals surface area contributed by atoms with Crippen molar-refractivity contribution in [1.29, 1.82) is 0 Å². The first-order valence-corrected chi connectivity index (χ1v) is 6.78. The lowest BCUT2D eigenvalue weighted by atomic mass is 10.1. The summed E-state index contributed by atoms with van der Waals surface area (Å²) in [7, 11) is 1.60. The minimum absolute atomic E-state index is 0.0542. The summed E-state index contributed by atoms with van der Waals surface area (Å²) in [5.41, 5.74) is 0.592. The third kappa shape index (κ3) is 3.26. The van der Waals surface area contributed by atoms with Crippen molar-refractivity contribution in [2.24, 2.45) is 0 Å². The van der Waals surface area contributed by atoms with Crippen molar-refractivity contribution < 1.29 is 9.13 Å². The molecule has 106 valence electrons. The molecule has 0 saturated heterocycles. The molecule has 0 aliphatic rings. The molecule has 1 aromatic carbocycles. The van der Waals surface area contributed by atoms with Gasteiger partial charge in [-0.15, -0.1) is 0 Å². The van der Waals surface area contributed by atoms with E-state index in [1.54, 1.807) is 25.3 Å². The Hall–Kier alpha value is -1.23. The zero-order valence-corrected chi connectivity index (χ0v) is 12.5. The minimum atomic E-state index is -0.419. The average molecular weight is 315 g/mol. The zero-order chi connectivity index (χ0) is 14.7. The Balaban J connectivity index is 2.44. The molecule has 20 heavy (non-hydrogen) atoms. The Morgan fingerprint density at radius 3 is 2.35 bits per heavy atom. The fourth-order valence-electron chi connectivity index (χ4n) is 1.77. The molecular formula is C14H13Cl2FN2O. The first-order valence-electron chi connectivity index (χ1n) is 6.02. The number of methoxy groups -OCH3 is 1. The first-order chi connectivity index (χ1) is 9.52. The van der Waals surface area contributed by atoms with E-state index in [1.165, 1.54) is 6.07 Å². The molecule has 1 aromatic heterocycles. The van der Waals surface area contributed by atoms with Crippen LogP contribution in [-0.2, 0) is 11.2 Å². The van der Waals surface area contributed by atoms with Crippen LogP contribution in [0, 0.1) is 5.82 Å². The molecule has 0 N–H and O–H groups in total. The van der Waals surface area contributed by atoms with Crippen LogP contribution in [-0.4, -0.2) is 23.2 Å². The molecule has 0 bridgehead atoms. The summed E-state index contributed by atoms with van der Waals surface area (Å²) in [5, 5.41) is 0.266. The predicted octanol–water partition coefficient (Wildman–Crippen LogP) is 4.17. The maximum Gasteiger partial charge on any atom is 0.142 e. The van der Waals surface area contributed by atoms with E-state index in [2.05, 4.69) is 9.97 Å². The summed E-state index contributed by atoms with van der Waals surface area (Å²) in [6.45, 7) is 1.88. The number of ether oxygens (including phenoxy) is 1. The van der Waals surface area contributed by atoms with Gasteiger partial charge in [0.2, 0.25) is 0 Å². The number of hydrogen-bond donors (Lipinski definition) is 0. The molecule has 0 radical (unpaired) electrons. The van der Waals surface area contributed by atoms with Gasteiger partial charge in [0, 0.05) is 19.1 Å². The Morgan fingerprint density at radius 2 is 1.80 bits per heavy atom. The average Bonchev–Trinajstić information content (AvgIpc) is 2.40. The van der Waals surface area contributed by atoms with Crippen LogP contribution < -0.4 is 0 Å². The molecule has 0 aliphatic carbocycles. The summed E-state index contributed by atoms with van der Waals surface area (Å²) in [4.78, 5) is 8.33. The number of aromatic nitrogens is 2. The molecule has 2 rings (SSSR count). The van der Waals surface area contributed by atoms with Crippen LogP contribution in [0.2, 0.25) is 10.3 Å². The largest absolute Gasteiger partial charge is 0.381 e. The topological polar surface area (TPSA) is 35.0 Å². The lowest BCUT2D eigenvalue weighted by molar-refractivity contribution is 0.117. The summed E-state index contributed by atoms with van der Waals surface area (Å²) in [5.74, 6) is 0.0485. The SMILES string of the molecule is COC(C)Cc1nc(Cl)c(-c2ccccc2F)c(Cl)n1. The highest BCUT2D eigenvalue weighted by atomic mass is 35.5. The number of rotatable bonds is 4.